The molecule has 0 aliphatic rings. The SMILES string of the molecule is COc1cc(OC)nc(/N=C(/[O-])NOS(=O)c2nc(C)ccc2C)n1. The fourth-order valence-corrected chi connectivity index (χ4v) is 2.42. The van der Waals surface area contributed by atoms with Crippen LogP contribution in [0.3, 0.4) is 0 Å². The number of rotatable bonds is 6. The minimum absolute atomic E-state index is 0.169. The van der Waals surface area contributed by atoms with Gasteiger partial charge in [0.15, 0.2) is 5.03 Å². The predicted octanol–water partition coefficient (Wildman–Crippen LogP) is 0.0974. The summed E-state index contributed by atoms with van der Waals surface area (Å²) in [7, 11) is 2.80. The zero-order chi connectivity index (χ0) is 18.4. The summed E-state index contributed by atoms with van der Waals surface area (Å²) in [5, 5.41) is 12.0. The van der Waals surface area contributed by atoms with Crippen molar-refractivity contribution >= 4 is 23.1 Å². The number of methoxy groups -OCH3 is 2. The number of pyridine rings is 1. The van der Waals surface area contributed by atoms with Crippen LogP contribution in [-0.4, -0.2) is 39.4 Å². The third kappa shape index (κ3) is 5.09. The lowest BCUT2D eigenvalue weighted by atomic mass is 10.3. The first kappa shape index (κ1) is 18.5. The lowest BCUT2D eigenvalue weighted by Crippen LogP contribution is -2.35. The predicted molar refractivity (Wildman–Crippen MR) is 86.6 cm³/mol. The van der Waals surface area contributed by atoms with E-state index in [0.717, 1.165) is 0 Å². The second-order valence-electron chi connectivity index (χ2n) is 4.66. The van der Waals surface area contributed by atoms with Gasteiger partial charge in [-0.05, 0) is 25.5 Å². The van der Waals surface area contributed by atoms with Crippen molar-refractivity contribution in [2.24, 2.45) is 4.99 Å². The summed E-state index contributed by atoms with van der Waals surface area (Å²) in [6, 6.07) is 4.00. The van der Waals surface area contributed by atoms with E-state index in [1.165, 1.54) is 20.3 Å². The summed E-state index contributed by atoms with van der Waals surface area (Å²) in [6.45, 7) is 3.48. The normalized spacial score (nSPS) is 12.6. The first-order valence-corrected chi connectivity index (χ1v) is 8.02. The highest BCUT2D eigenvalue weighted by molar-refractivity contribution is 7.80. The Bertz CT molecular complexity index is 792. The van der Waals surface area contributed by atoms with E-state index in [1.54, 1.807) is 26.0 Å². The van der Waals surface area contributed by atoms with Gasteiger partial charge in [-0.25, -0.2) is 19.7 Å². The van der Waals surface area contributed by atoms with Crippen molar-refractivity contribution in [2.45, 2.75) is 18.9 Å². The standard InChI is InChI=1S/C14H17N5O5S/c1-8-5-6-9(2)15-12(8)25(21)24-19-14(20)18-13-16-10(22-3)7-11(17-13)23-4/h5-7H,1-4H3,(H2,16,17,18,19,20)/p-1. The van der Waals surface area contributed by atoms with Gasteiger partial charge in [-0.2, -0.15) is 14.3 Å². The Hall–Kier alpha value is -2.79. The Labute approximate surface area is 146 Å². The highest BCUT2D eigenvalue weighted by Gasteiger charge is 2.11. The van der Waals surface area contributed by atoms with Crippen LogP contribution >= 0.6 is 0 Å². The van der Waals surface area contributed by atoms with Gasteiger partial charge < -0.3 is 14.6 Å². The summed E-state index contributed by atoms with van der Waals surface area (Å²) >= 11 is -1.99. The molecule has 25 heavy (non-hydrogen) atoms. The number of nitrogens with one attached hydrogen (secondary N) is 1. The summed E-state index contributed by atoms with van der Waals surface area (Å²) in [5.74, 6) is 0.137. The maximum Gasteiger partial charge on any atom is 0.256 e. The molecule has 0 aliphatic heterocycles. The van der Waals surface area contributed by atoms with Gasteiger partial charge in [0.2, 0.25) is 22.8 Å². The highest BCUT2D eigenvalue weighted by atomic mass is 32.2. The van der Waals surface area contributed by atoms with Crippen LogP contribution in [0.25, 0.3) is 0 Å². The Kier molecular flexibility index (Phi) is 6.19. The van der Waals surface area contributed by atoms with Crippen LogP contribution in [0.1, 0.15) is 11.3 Å². The van der Waals surface area contributed by atoms with Crippen molar-refractivity contribution in [1.29, 1.82) is 0 Å². The molecule has 0 fully saturated rings. The van der Waals surface area contributed by atoms with Gasteiger partial charge in [0.25, 0.3) is 5.95 Å². The topological polar surface area (TPSA) is 131 Å². The van der Waals surface area contributed by atoms with Gasteiger partial charge >= 0.3 is 0 Å². The average molecular weight is 366 g/mol. The zero-order valence-corrected chi connectivity index (χ0v) is 14.8. The first-order valence-electron chi connectivity index (χ1n) is 6.95. The third-order valence-electron chi connectivity index (χ3n) is 2.84. The van der Waals surface area contributed by atoms with E-state index >= 15 is 0 Å². The molecule has 0 radical (unpaired) electrons. The van der Waals surface area contributed by atoms with E-state index in [9.17, 15) is 9.32 Å². The molecule has 11 heteroatoms. The molecule has 10 nitrogen and oxygen atoms in total. The highest BCUT2D eigenvalue weighted by Crippen LogP contribution is 2.18. The number of aromatic nitrogens is 3. The molecule has 0 aliphatic carbocycles. The lowest BCUT2D eigenvalue weighted by Gasteiger charge is -2.12. The molecule has 134 valence electrons. The summed E-state index contributed by atoms with van der Waals surface area (Å²) in [5.41, 5.74) is 3.28. The molecule has 2 heterocycles. The molecule has 0 saturated heterocycles. The summed E-state index contributed by atoms with van der Waals surface area (Å²) in [4.78, 5) is 15.4. The Morgan fingerprint density at radius 3 is 2.40 bits per heavy atom. The molecule has 1 atom stereocenters. The fraction of sp³-hybridized carbons (Fsp3) is 0.286. The van der Waals surface area contributed by atoms with E-state index in [0.29, 0.717) is 11.3 Å². The molecular formula is C14H16N5O5S-. The van der Waals surface area contributed by atoms with Crippen LogP contribution in [0.15, 0.2) is 28.2 Å². The molecule has 2 aromatic heterocycles. The van der Waals surface area contributed by atoms with Gasteiger partial charge in [0.05, 0.1) is 26.3 Å². The van der Waals surface area contributed by atoms with Gasteiger partial charge in [0.1, 0.15) is 0 Å². The molecule has 1 N–H and O–H groups in total. The van der Waals surface area contributed by atoms with Crippen LogP contribution in [0.2, 0.25) is 0 Å². The van der Waals surface area contributed by atoms with Crippen LogP contribution < -0.4 is 20.1 Å². The largest absolute Gasteiger partial charge is 0.844 e. The van der Waals surface area contributed by atoms with Crippen molar-refractivity contribution in [3.8, 4) is 11.8 Å². The second-order valence-corrected chi connectivity index (χ2v) is 5.69. The van der Waals surface area contributed by atoms with Gasteiger partial charge in [-0.3, -0.25) is 0 Å². The van der Waals surface area contributed by atoms with E-state index < -0.39 is 17.1 Å². The molecule has 2 rings (SSSR count). The van der Waals surface area contributed by atoms with E-state index in [-0.39, 0.29) is 22.7 Å². The Morgan fingerprint density at radius 1 is 1.16 bits per heavy atom. The van der Waals surface area contributed by atoms with Crippen molar-refractivity contribution in [3.63, 3.8) is 0 Å². The van der Waals surface area contributed by atoms with E-state index in [4.69, 9.17) is 13.8 Å². The summed E-state index contributed by atoms with van der Waals surface area (Å²) < 4.78 is 26.8. The molecular weight excluding hydrogens is 350 g/mol. The quantitative estimate of drug-likeness (QED) is 0.429. The van der Waals surface area contributed by atoms with Gasteiger partial charge in [-0.1, -0.05) is 6.07 Å². The molecule has 2 aromatic rings. The molecule has 0 saturated carbocycles. The van der Waals surface area contributed by atoms with Crippen LogP contribution in [0, 0.1) is 13.8 Å². The molecule has 0 amide bonds. The van der Waals surface area contributed by atoms with Gasteiger partial charge in [0, 0.05) is 5.69 Å². The molecule has 0 aromatic carbocycles. The number of aliphatic imine (C=N–C) groups is 1. The average Bonchev–Trinajstić information content (AvgIpc) is 2.61. The first-order chi connectivity index (χ1) is 11.9. The second kappa shape index (κ2) is 8.35. The van der Waals surface area contributed by atoms with Crippen LogP contribution in [-0.2, 0) is 15.4 Å². The van der Waals surface area contributed by atoms with Crippen molar-refractivity contribution in [2.75, 3.05) is 14.2 Å². The van der Waals surface area contributed by atoms with Gasteiger partial charge in [-0.15, -0.1) is 0 Å². The van der Waals surface area contributed by atoms with Crippen molar-refractivity contribution < 1.29 is 23.1 Å². The number of hydrogen-bond acceptors (Lipinski definition) is 9. The fourth-order valence-electron chi connectivity index (χ4n) is 1.65. The van der Waals surface area contributed by atoms with Crippen molar-refractivity contribution in [3.05, 3.63) is 29.5 Å². The smallest absolute Gasteiger partial charge is 0.256 e. The third-order valence-corrected chi connectivity index (χ3v) is 3.80. The van der Waals surface area contributed by atoms with Crippen LogP contribution in [0.5, 0.6) is 11.8 Å². The maximum atomic E-state index is 12.1. The monoisotopic (exact) mass is 366 g/mol. The Balaban J connectivity index is 2.09. The zero-order valence-electron chi connectivity index (χ0n) is 14.0. The number of aryl methyl sites for hydroxylation is 2. The summed E-state index contributed by atoms with van der Waals surface area (Å²) in [6.07, 6.45) is 0. The number of amidine groups is 1. The van der Waals surface area contributed by atoms with E-state index in [1.807, 2.05) is 5.48 Å². The molecule has 0 bridgehead atoms. The maximum absolute atomic E-state index is 12.1. The number of ether oxygens (including phenoxy) is 2. The number of hydroxylamine groups is 1. The molecule has 1 unspecified atom stereocenters. The minimum Gasteiger partial charge on any atom is -0.844 e. The molecule has 0 spiro atoms. The Morgan fingerprint density at radius 2 is 1.80 bits per heavy atom. The van der Waals surface area contributed by atoms with Crippen LogP contribution in [0.4, 0.5) is 5.95 Å². The van der Waals surface area contributed by atoms with Crippen molar-refractivity contribution in [1.82, 2.24) is 20.4 Å². The number of hydrogen-bond donors (Lipinski definition) is 1. The minimum atomic E-state index is -1.99. The van der Waals surface area contributed by atoms with E-state index in [2.05, 4.69) is 19.9 Å². The lowest BCUT2D eigenvalue weighted by molar-refractivity contribution is -0.228. The number of nitrogens with zero attached hydrogens (tertiary/aromatic N) is 4.